The van der Waals surface area contributed by atoms with Gasteiger partial charge in [-0.3, -0.25) is 0 Å². The van der Waals surface area contributed by atoms with E-state index in [1.165, 1.54) is 5.56 Å². The van der Waals surface area contributed by atoms with Crippen LogP contribution in [0.15, 0.2) is 126 Å². The van der Waals surface area contributed by atoms with Gasteiger partial charge in [0, 0.05) is 61.2 Å². The van der Waals surface area contributed by atoms with Crippen molar-refractivity contribution in [3.8, 4) is 17.3 Å². The summed E-state index contributed by atoms with van der Waals surface area (Å²) in [4.78, 5) is 9.28. The summed E-state index contributed by atoms with van der Waals surface area (Å²) in [6, 6.07) is 46.8. The summed E-state index contributed by atoms with van der Waals surface area (Å²) in [7, 11) is 0. The van der Waals surface area contributed by atoms with Crippen LogP contribution in [-0.4, -0.2) is 9.55 Å². The van der Waals surface area contributed by atoms with Gasteiger partial charge in [-0.15, -0.1) is 48.3 Å². The van der Waals surface area contributed by atoms with Gasteiger partial charge in [0.05, 0.1) is 5.52 Å². The van der Waals surface area contributed by atoms with Gasteiger partial charge in [-0.05, 0) is 64.9 Å². The van der Waals surface area contributed by atoms with Crippen LogP contribution in [0.5, 0.6) is 11.5 Å². The molecule has 0 atom stereocenters. The largest absolute Gasteiger partial charge is 0.509 e. The van der Waals surface area contributed by atoms with E-state index in [2.05, 4.69) is 160 Å². The smallest absolute Gasteiger partial charge is 0.136 e. The molecule has 0 aliphatic carbocycles. The minimum atomic E-state index is -0.141. The minimum Gasteiger partial charge on any atom is -0.509 e. The maximum atomic E-state index is 6.72. The van der Waals surface area contributed by atoms with E-state index in [0.29, 0.717) is 11.5 Å². The average molecular weight is 875 g/mol. The van der Waals surface area contributed by atoms with Crippen LogP contribution in [0.1, 0.15) is 52.7 Å². The van der Waals surface area contributed by atoms with Crippen LogP contribution >= 0.6 is 0 Å². The normalized spacial score (nSPS) is 13.2. The second-order valence-electron chi connectivity index (χ2n) is 15.5. The first-order valence-corrected chi connectivity index (χ1v) is 17.7. The van der Waals surface area contributed by atoms with Gasteiger partial charge in [0.2, 0.25) is 0 Å². The van der Waals surface area contributed by atoms with Crippen molar-refractivity contribution in [1.82, 2.24) is 9.55 Å². The Labute approximate surface area is 324 Å². The number of hydrogen-bond donors (Lipinski definition) is 0. The van der Waals surface area contributed by atoms with Crippen molar-refractivity contribution >= 4 is 55.7 Å². The van der Waals surface area contributed by atoms with Gasteiger partial charge >= 0.3 is 0 Å². The summed E-state index contributed by atoms with van der Waals surface area (Å²) in [6.45, 7) is 15.4. The molecule has 5 aromatic carbocycles. The molecule has 0 spiro atoms. The molecule has 0 saturated heterocycles. The van der Waals surface area contributed by atoms with E-state index in [4.69, 9.17) is 14.1 Å². The molecule has 6 nitrogen and oxygen atoms in total. The third-order valence-electron chi connectivity index (χ3n) is 9.84. The number of nitrogens with zero attached hydrogens (tertiary/aromatic N) is 4. The fourth-order valence-corrected chi connectivity index (χ4v) is 7.03. The van der Waals surface area contributed by atoms with Crippen molar-refractivity contribution in [2.45, 2.75) is 52.4 Å². The van der Waals surface area contributed by atoms with Crippen LogP contribution in [0.3, 0.4) is 0 Å². The minimum absolute atomic E-state index is 0. The van der Waals surface area contributed by atoms with Crippen LogP contribution in [0.2, 0.25) is 0 Å². The number of rotatable bonds is 5. The third kappa shape index (κ3) is 6.09. The number of aromatic nitrogens is 2. The Morgan fingerprint density at radius 1 is 0.660 bits per heavy atom. The Morgan fingerprint density at radius 3 is 2.11 bits per heavy atom. The number of hydrogen-bond acceptors (Lipinski definition) is 5. The summed E-state index contributed by atoms with van der Waals surface area (Å²) in [6.07, 6.45) is 1.89. The van der Waals surface area contributed by atoms with E-state index in [1.54, 1.807) is 0 Å². The standard InChI is InChI=1S/C46H39N4O2.Pt/c1-45(2,3)30-22-23-47-42(26-30)50-40-28-34(20-21-36(40)44-43(50)37-16-10-13-19-41(37)52-44)51-35-25-31(46(4,5)6)24-33(27-35)49-29-48(32-14-8-7-9-15-32)38-17-11-12-18-39(38)49;/h7-26,29H,1-6H3;/q-3;. The van der Waals surface area contributed by atoms with Gasteiger partial charge in [-0.25, -0.2) is 4.98 Å². The molecule has 0 N–H and O–H groups in total. The number of benzene rings is 5. The van der Waals surface area contributed by atoms with E-state index in [-0.39, 0.29) is 31.9 Å². The zero-order valence-electron chi connectivity index (χ0n) is 30.5. The molecular formula is C46H39N4O2Pt-3. The molecule has 0 bridgehead atoms. The Morgan fingerprint density at radius 2 is 1.36 bits per heavy atom. The summed E-state index contributed by atoms with van der Waals surface area (Å²) in [5.41, 5.74) is 9.74. The van der Waals surface area contributed by atoms with E-state index in [1.807, 2.05) is 36.5 Å². The second-order valence-corrected chi connectivity index (χ2v) is 15.5. The quantitative estimate of drug-likeness (QED) is 0.161. The topological polar surface area (TPSA) is 46.7 Å². The Bertz CT molecular complexity index is 2630. The first-order chi connectivity index (χ1) is 25.0. The zero-order chi connectivity index (χ0) is 35.8. The number of para-hydroxylation sites is 4. The summed E-state index contributed by atoms with van der Waals surface area (Å²) < 4.78 is 15.4. The molecule has 7 heteroatoms. The molecule has 268 valence electrons. The van der Waals surface area contributed by atoms with Crippen LogP contribution in [0.25, 0.3) is 38.8 Å². The molecule has 0 saturated carbocycles. The van der Waals surface area contributed by atoms with E-state index in [0.717, 1.165) is 67.1 Å². The maximum absolute atomic E-state index is 6.72. The summed E-state index contributed by atoms with van der Waals surface area (Å²) in [5.74, 6) is 2.00. The van der Waals surface area contributed by atoms with Crippen LogP contribution < -0.4 is 14.5 Å². The fourth-order valence-electron chi connectivity index (χ4n) is 7.03. The number of ether oxygens (including phenoxy) is 1. The van der Waals surface area contributed by atoms with E-state index in [9.17, 15) is 0 Å². The number of anilines is 4. The van der Waals surface area contributed by atoms with Gasteiger partial charge in [0.1, 0.15) is 17.0 Å². The molecular weight excluding hydrogens is 836 g/mol. The van der Waals surface area contributed by atoms with Crippen molar-refractivity contribution in [3.63, 3.8) is 0 Å². The monoisotopic (exact) mass is 874 g/mol. The average Bonchev–Trinajstić information content (AvgIpc) is 3.80. The van der Waals surface area contributed by atoms with Crippen molar-refractivity contribution < 1.29 is 30.2 Å². The van der Waals surface area contributed by atoms with Crippen molar-refractivity contribution in [2.75, 3.05) is 9.80 Å². The Hall–Kier alpha value is -5.32. The summed E-state index contributed by atoms with van der Waals surface area (Å²) in [5, 5.41) is 1.97. The molecule has 0 unspecified atom stereocenters. The van der Waals surface area contributed by atoms with Gasteiger partial charge in [0.25, 0.3) is 0 Å². The molecule has 1 aliphatic rings. The maximum Gasteiger partial charge on any atom is 0.136 e. The van der Waals surface area contributed by atoms with Gasteiger partial charge < -0.3 is 23.5 Å². The SMILES string of the molecule is CC(C)(C)c1cc(Oc2[c-]c3c(cc2)c2oc4ccccc4c2n3-c2cc(C(C)(C)C)ccn2)[c-]c(N2[CH-]N(c3ccccc3)c3ccccc32)c1.[Pt]. The number of fused-ring (bicyclic) bond motifs is 6. The van der Waals surface area contributed by atoms with Crippen molar-refractivity contribution in [1.29, 1.82) is 0 Å². The predicted molar refractivity (Wildman–Crippen MR) is 211 cm³/mol. The van der Waals surface area contributed by atoms with Crippen LogP contribution in [0.4, 0.5) is 22.7 Å². The van der Waals surface area contributed by atoms with Crippen molar-refractivity contribution in [2.24, 2.45) is 0 Å². The molecule has 4 heterocycles. The third-order valence-corrected chi connectivity index (χ3v) is 9.84. The zero-order valence-corrected chi connectivity index (χ0v) is 32.8. The number of furan rings is 1. The molecule has 9 rings (SSSR count). The Kier molecular flexibility index (Phi) is 8.50. The first-order valence-electron chi connectivity index (χ1n) is 17.7. The van der Waals surface area contributed by atoms with Crippen LogP contribution in [0, 0.1) is 18.8 Å². The first kappa shape index (κ1) is 34.7. The molecule has 3 aromatic heterocycles. The van der Waals surface area contributed by atoms with E-state index < -0.39 is 0 Å². The van der Waals surface area contributed by atoms with E-state index >= 15 is 0 Å². The van der Waals surface area contributed by atoms with Gasteiger partial charge in [-0.1, -0.05) is 94.9 Å². The predicted octanol–water partition coefficient (Wildman–Crippen LogP) is 12.3. The Balaban J connectivity index is 0.00000400. The molecule has 53 heavy (non-hydrogen) atoms. The van der Waals surface area contributed by atoms with Gasteiger partial charge in [-0.2, -0.15) is 6.07 Å². The molecule has 0 radical (unpaired) electrons. The van der Waals surface area contributed by atoms with Gasteiger partial charge in [0.15, 0.2) is 0 Å². The molecule has 0 fully saturated rings. The number of pyridine rings is 1. The second kappa shape index (κ2) is 13.0. The van der Waals surface area contributed by atoms with Crippen LogP contribution in [-0.2, 0) is 31.9 Å². The molecule has 0 amide bonds. The fraction of sp³-hybridized carbons (Fsp3) is 0.174. The summed E-state index contributed by atoms with van der Waals surface area (Å²) >= 11 is 0. The van der Waals surface area contributed by atoms with Crippen molar-refractivity contribution in [3.05, 3.63) is 151 Å². The molecule has 1 aliphatic heterocycles. The molecule has 8 aromatic rings.